The normalized spacial score (nSPS) is 10.5. The molecule has 0 atom stereocenters. The third kappa shape index (κ3) is 5.34. The molecule has 0 bridgehead atoms. The molecule has 0 heterocycles. The topological polar surface area (TPSA) is 100 Å². The van der Waals surface area contributed by atoms with Crippen molar-refractivity contribution >= 4 is 23.7 Å². The summed E-state index contributed by atoms with van der Waals surface area (Å²) in [5.41, 5.74) is 4.14. The Kier molecular flexibility index (Phi) is 6.73. The average molecular weight is 355 g/mol. The van der Waals surface area contributed by atoms with E-state index in [1.54, 1.807) is 43.3 Å². The van der Waals surface area contributed by atoms with Crippen LogP contribution >= 0.6 is 0 Å². The van der Waals surface area contributed by atoms with E-state index in [9.17, 15) is 14.7 Å². The van der Waals surface area contributed by atoms with Crippen molar-refractivity contribution in [1.82, 2.24) is 5.43 Å². The molecule has 7 heteroatoms. The van der Waals surface area contributed by atoms with Gasteiger partial charge in [0.2, 0.25) is 5.91 Å². The van der Waals surface area contributed by atoms with E-state index in [1.165, 1.54) is 12.3 Å². The summed E-state index contributed by atoms with van der Waals surface area (Å²) in [5, 5.41) is 16.3. The number of phenols is 1. The molecule has 0 saturated heterocycles. The van der Waals surface area contributed by atoms with Crippen molar-refractivity contribution in [1.29, 1.82) is 0 Å². The lowest BCUT2D eigenvalue weighted by Crippen LogP contribution is -2.17. The lowest BCUT2D eigenvalue weighted by atomic mass is 10.2. The van der Waals surface area contributed by atoms with Gasteiger partial charge in [-0.2, -0.15) is 5.10 Å². The molecule has 0 aliphatic rings. The molecule has 0 radical (unpaired) electrons. The molecule has 2 aromatic carbocycles. The summed E-state index contributed by atoms with van der Waals surface area (Å²) in [7, 11) is 0. The first kappa shape index (κ1) is 19.0. The van der Waals surface area contributed by atoms with Crippen LogP contribution in [0.15, 0.2) is 47.6 Å². The number of nitrogens with zero attached hydrogens (tertiary/aromatic N) is 1. The van der Waals surface area contributed by atoms with Crippen LogP contribution < -0.4 is 15.5 Å². The number of phenolic OH excluding ortho intramolecular Hbond substituents is 1. The average Bonchev–Trinajstić information content (AvgIpc) is 2.65. The number of carbonyl (C=O) groups excluding carboxylic acids is 2. The fraction of sp³-hybridized carbons (Fsp3) is 0.211. The van der Waals surface area contributed by atoms with Gasteiger partial charge in [0.25, 0.3) is 5.91 Å². The lowest BCUT2D eigenvalue weighted by molar-refractivity contribution is -0.115. The monoisotopic (exact) mass is 355 g/mol. The molecule has 0 fully saturated rings. The molecule has 3 N–H and O–H groups in total. The maximum Gasteiger partial charge on any atom is 0.271 e. The Bertz CT molecular complexity index is 801. The highest BCUT2D eigenvalue weighted by molar-refractivity contribution is 5.96. The van der Waals surface area contributed by atoms with E-state index in [0.29, 0.717) is 35.6 Å². The molecule has 7 nitrogen and oxygen atoms in total. The minimum absolute atomic E-state index is 0.0447. The Morgan fingerprint density at radius 3 is 2.54 bits per heavy atom. The van der Waals surface area contributed by atoms with E-state index in [-0.39, 0.29) is 17.6 Å². The Morgan fingerprint density at radius 2 is 1.88 bits per heavy atom. The number of rotatable bonds is 7. The standard InChI is InChI=1S/C19H21N3O4/c1-3-18(24)21-15-8-6-14(7-9-15)19(25)22-20-12-13-5-10-16(23)17(11-13)26-4-2/h5-12,23H,3-4H2,1-2H3,(H,21,24)(H,22,25). The number of hydrogen-bond acceptors (Lipinski definition) is 5. The third-order valence-corrected chi connectivity index (χ3v) is 3.42. The van der Waals surface area contributed by atoms with E-state index >= 15 is 0 Å². The van der Waals surface area contributed by atoms with Gasteiger partial charge in [0, 0.05) is 17.7 Å². The van der Waals surface area contributed by atoms with Crippen LogP contribution in [0.1, 0.15) is 36.2 Å². The van der Waals surface area contributed by atoms with Gasteiger partial charge in [0.05, 0.1) is 12.8 Å². The molecule has 26 heavy (non-hydrogen) atoms. The molecular weight excluding hydrogens is 334 g/mol. The number of hydrazone groups is 1. The molecule has 0 unspecified atom stereocenters. The Labute approximate surface area is 151 Å². The summed E-state index contributed by atoms with van der Waals surface area (Å²) in [6, 6.07) is 11.3. The second kappa shape index (κ2) is 9.22. The van der Waals surface area contributed by atoms with E-state index in [0.717, 1.165) is 0 Å². The van der Waals surface area contributed by atoms with Crippen molar-refractivity contribution < 1.29 is 19.4 Å². The number of ether oxygens (including phenoxy) is 1. The number of benzene rings is 2. The minimum Gasteiger partial charge on any atom is -0.504 e. The molecule has 2 rings (SSSR count). The van der Waals surface area contributed by atoms with Crippen molar-refractivity contribution in [3.63, 3.8) is 0 Å². The highest BCUT2D eigenvalue weighted by Crippen LogP contribution is 2.26. The highest BCUT2D eigenvalue weighted by Gasteiger charge is 2.06. The molecule has 136 valence electrons. The summed E-state index contributed by atoms with van der Waals surface area (Å²) in [6.07, 6.45) is 1.84. The van der Waals surface area contributed by atoms with Crippen LogP contribution in [0.2, 0.25) is 0 Å². The lowest BCUT2D eigenvalue weighted by Gasteiger charge is -2.06. The van der Waals surface area contributed by atoms with Crippen LogP contribution in [0.4, 0.5) is 5.69 Å². The molecule has 0 saturated carbocycles. The van der Waals surface area contributed by atoms with Crippen molar-refractivity contribution in [2.24, 2.45) is 5.10 Å². The van der Waals surface area contributed by atoms with E-state index < -0.39 is 0 Å². The third-order valence-electron chi connectivity index (χ3n) is 3.42. The predicted octanol–water partition coefficient (Wildman–Crippen LogP) is 2.90. The van der Waals surface area contributed by atoms with Crippen LogP contribution in [-0.2, 0) is 4.79 Å². The van der Waals surface area contributed by atoms with Crippen LogP contribution in [0.25, 0.3) is 0 Å². The first-order valence-corrected chi connectivity index (χ1v) is 8.22. The van der Waals surface area contributed by atoms with Crippen molar-refractivity contribution in [3.8, 4) is 11.5 Å². The van der Waals surface area contributed by atoms with Gasteiger partial charge in [-0.25, -0.2) is 5.43 Å². The predicted molar refractivity (Wildman–Crippen MR) is 99.7 cm³/mol. The minimum atomic E-state index is -0.376. The van der Waals surface area contributed by atoms with Crippen LogP contribution in [0, 0.1) is 0 Å². The zero-order valence-corrected chi connectivity index (χ0v) is 14.7. The largest absolute Gasteiger partial charge is 0.504 e. The summed E-state index contributed by atoms with van der Waals surface area (Å²) in [5.74, 6) is -0.0682. The quantitative estimate of drug-likeness (QED) is 0.525. The number of amides is 2. The molecule has 2 amide bonds. The van der Waals surface area contributed by atoms with Gasteiger partial charge in [0.15, 0.2) is 11.5 Å². The molecule has 0 spiro atoms. The molecule has 0 aliphatic heterocycles. The Balaban J connectivity index is 1.96. The number of carbonyl (C=O) groups is 2. The number of anilines is 1. The summed E-state index contributed by atoms with van der Waals surface area (Å²) in [4.78, 5) is 23.4. The first-order chi connectivity index (χ1) is 12.5. The van der Waals surface area contributed by atoms with Crippen LogP contribution in [0.5, 0.6) is 11.5 Å². The SMILES string of the molecule is CCOc1cc(C=NNC(=O)c2ccc(NC(=O)CC)cc2)ccc1O. The van der Waals surface area contributed by atoms with Gasteiger partial charge >= 0.3 is 0 Å². The van der Waals surface area contributed by atoms with Gasteiger partial charge < -0.3 is 15.2 Å². The first-order valence-electron chi connectivity index (χ1n) is 8.22. The Hall–Kier alpha value is -3.35. The van der Waals surface area contributed by atoms with Crippen LogP contribution in [-0.4, -0.2) is 29.7 Å². The maximum absolute atomic E-state index is 12.1. The maximum atomic E-state index is 12.1. The Morgan fingerprint density at radius 1 is 1.15 bits per heavy atom. The second-order valence-corrected chi connectivity index (χ2v) is 5.34. The van der Waals surface area contributed by atoms with Crippen molar-refractivity contribution in [2.45, 2.75) is 20.3 Å². The molecule has 0 aromatic heterocycles. The van der Waals surface area contributed by atoms with Gasteiger partial charge in [-0.1, -0.05) is 6.92 Å². The second-order valence-electron chi connectivity index (χ2n) is 5.34. The summed E-state index contributed by atoms with van der Waals surface area (Å²) in [6.45, 7) is 4.01. The smallest absolute Gasteiger partial charge is 0.271 e. The van der Waals surface area contributed by atoms with Crippen molar-refractivity contribution in [3.05, 3.63) is 53.6 Å². The fourth-order valence-electron chi connectivity index (χ4n) is 2.07. The van der Waals surface area contributed by atoms with Gasteiger partial charge in [-0.05, 0) is 55.0 Å². The van der Waals surface area contributed by atoms with E-state index in [4.69, 9.17) is 4.74 Å². The fourth-order valence-corrected chi connectivity index (χ4v) is 2.07. The van der Waals surface area contributed by atoms with E-state index in [2.05, 4.69) is 15.8 Å². The summed E-state index contributed by atoms with van der Waals surface area (Å²) < 4.78 is 5.29. The number of nitrogens with one attached hydrogen (secondary N) is 2. The van der Waals surface area contributed by atoms with Crippen molar-refractivity contribution in [2.75, 3.05) is 11.9 Å². The van der Waals surface area contributed by atoms with Gasteiger partial charge in [-0.15, -0.1) is 0 Å². The number of hydrogen-bond donors (Lipinski definition) is 3. The van der Waals surface area contributed by atoms with E-state index in [1.807, 2.05) is 6.92 Å². The molecular formula is C19H21N3O4. The zero-order valence-electron chi connectivity index (χ0n) is 14.7. The zero-order chi connectivity index (χ0) is 18.9. The number of aromatic hydroxyl groups is 1. The molecule has 2 aromatic rings. The highest BCUT2D eigenvalue weighted by atomic mass is 16.5. The van der Waals surface area contributed by atoms with Gasteiger partial charge in [0.1, 0.15) is 0 Å². The molecule has 0 aliphatic carbocycles. The van der Waals surface area contributed by atoms with Gasteiger partial charge in [-0.3, -0.25) is 9.59 Å². The van der Waals surface area contributed by atoms with Crippen LogP contribution in [0.3, 0.4) is 0 Å². The summed E-state index contributed by atoms with van der Waals surface area (Å²) >= 11 is 0.